The van der Waals surface area contributed by atoms with Crippen molar-refractivity contribution in [3.05, 3.63) is 22.7 Å². The zero-order chi connectivity index (χ0) is 18.8. The van der Waals surface area contributed by atoms with Crippen LogP contribution in [0.4, 0.5) is 0 Å². The normalized spacial score (nSPS) is 20.2. The molecule has 3 N–H and O–H groups in total. The molecule has 0 heterocycles. The fraction of sp³-hybridized carbons (Fsp3) is 0.562. The second-order valence-corrected chi connectivity index (χ2v) is 8.55. The molecule has 1 amide bonds. The van der Waals surface area contributed by atoms with Crippen LogP contribution >= 0.6 is 24.0 Å². The maximum Gasteiger partial charge on any atom is 0.257 e. The lowest BCUT2D eigenvalue weighted by Crippen LogP contribution is -2.42. The molecule has 2 atom stereocenters. The Kier molecular flexibility index (Phi) is 8.16. The lowest BCUT2D eigenvalue weighted by atomic mass is 9.92. The van der Waals surface area contributed by atoms with Crippen LogP contribution in [0.5, 0.6) is 5.75 Å². The molecule has 1 aliphatic rings. The van der Waals surface area contributed by atoms with Gasteiger partial charge < -0.3 is 15.4 Å². The van der Waals surface area contributed by atoms with Gasteiger partial charge in [0, 0.05) is 31.2 Å². The Hall–Kier alpha value is -1.06. The molecule has 7 nitrogen and oxygen atoms in total. The number of hydrogen-bond acceptors (Lipinski definition) is 5. The molecule has 10 heteroatoms. The topological polar surface area (TPSA) is 102 Å². The van der Waals surface area contributed by atoms with E-state index in [1.54, 1.807) is 14.1 Å². The Morgan fingerprint density at radius 2 is 2.00 bits per heavy atom. The molecule has 0 radical (unpaired) electrons. The van der Waals surface area contributed by atoms with E-state index in [2.05, 4.69) is 4.72 Å². The van der Waals surface area contributed by atoms with E-state index in [0.29, 0.717) is 6.42 Å². The SMILES string of the molecule is COc1c(C(=O)N(C)C)cc(Cl)cc1S(=O)(=O)NC1CCCC(N)C1.Cl. The highest BCUT2D eigenvalue weighted by Gasteiger charge is 2.30. The molecule has 0 saturated heterocycles. The molecule has 148 valence electrons. The number of nitrogens with one attached hydrogen (secondary N) is 1. The molecule has 2 unspecified atom stereocenters. The molecular formula is C16H25Cl2N3O4S. The maximum atomic E-state index is 12.9. The Labute approximate surface area is 165 Å². The van der Waals surface area contributed by atoms with Crippen LogP contribution in [0.1, 0.15) is 36.0 Å². The van der Waals surface area contributed by atoms with E-state index in [-0.39, 0.29) is 45.7 Å². The number of rotatable bonds is 5. The van der Waals surface area contributed by atoms with Crippen molar-refractivity contribution in [3.8, 4) is 5.75 Å². The van der Waals surface area contributed by atoms with E-state index >= 15 is 0 Å². The lowest BCUT2D eigenvalue weighted by Gasteiger charge is -2.27. The molecule has 0 spiro atoms. The van der Waals surface area contributed by atoms with Gasteiger partial charge >= 0.3 is 0 Å². The fourth-order valence-electron chi connectivity index (χ4n) is 3.00. The number of halogens is 2. The summed E-state index contributed by atoms with van der Waals surface area (Å²) in [4.78, 5) is 13.5. The quantitative estimate of drug-likeness (QED) is 0.750. The van der Waals surface area contributed by atoms with Gasteiger partial charge in [0.25, 0.3) is 5.91 Å². The minimum Gasteiger partial charge on any atom is -0.494 e. The van der Waals surface area contributed by atoms with Crippen molar-refractivity contribution in [1.29, 1.82) is 0 Å². The maximum absolute atomic E-state index is 12.9. The fourth-order valence-corrected chi connectivity index (χ4v) is 4.78. The molecule has 1 aromatic rings. The molecule has 1 aromatic carbocycles. The van der Waals surface area contributed by atoms with Crippen molar-refractivity contribution in [3.63, 3.8) is 0 Å². The highest BCUT2D eigenvalue weighted by molar-refractivity contribution is 7.89. The highest BCUT2D eigenvalue weighted by Crippen LogP contribution is 2.33. The van der Waals surface area contributed by atoms with Crippen LogP contribution in [-0.2, 0) is 10.0 Å². The Morgan fingerprint density at radius 3 is 2.54 bits per heavy atom. The molecule has 2 rings (SSSR count). The summed E-state index contributed by atoms with van der Waals surface area (Å²) >= 11 is 6.06. The van der Waals surface area contributed by atoms with Crippen molar-refractivity contribution in [1.82, 2.24) is 9.62 Å². The first-order valence-corrected chi connectivity index (χ1v) is 9.89. The van der Waals surface area contributed by atoms with E-state index in [1.807, 2.05) is 0 Å². The summed E-state index contributed by atoms with van der Waals surface area (Å²) in [5.74, 6) is -0.411. The van der Waals surface area contributed by atoms with Gasteiger partial charge in [-0.15, -0.1) is 12.4 Å². The molecule has 26 heavy (non-hydrogen) atoms. The third-order valence-corrected chi connectivity index (χ3v) is 5.93. The monoisotopic (exact) mass is 425 g/mol. The Bertz CT molecular complexity index is 756. The van der Waals surface area contributed by atoms with Crippen molar-refractivity contribution >= 4 is 39.9 Å². The molecular weight excluding hydrogens is 401 g/mol. The number of hydrogen-bond donors (Lipinski definition) is 2. The van der Waals surface area contributed by atoms with Crippen LogP contribution in [0.15, 0.2) is 17.0 Å². The van der Waals surface area contributed by atoms with Crippen LogP contribution in [0.3, 0.4) is 0 Å². The van der Waals surface area contributed by atoms with Crippen LogP contribution in [0, 0.1) is 0 Å². The number of nitrogens with two attached hydrogens (primary N) is 1. The predicted molar refractivity (Wildman–Crippen MR) is 104 cm³/mol. The number of benzene rings is 1. The lowest BCUT2D eigenvalue weighted by molar-refractivity contribution is 0.0824. The van der Waals surface area contributed by atoms with E-state index < -0.39 is 15.9 Å². The summed E-state index contributed by atoms with van der Waals surface area (Å²) in [7, 11) is 0.545. The largest absolute Gasteiger partial charge is 0.494 e. The minimum atomic E-state index is -3.92. The molecule has 0 aromatic heterocycles. The second kappa shape index (κ2) is 9.23. The average molecular weight is 426 g/mol. The third kappa shape index (κ3) is 5.23. The van der Waals surface area contributed by atoms with Gasteiger partial charge in [-0.05, 0) is 31.4 Å². The van der Waals surface area contributed by atoms with Crippen LogP contribution < -0.4 is 15.2 Å². The number of methoxy groups -OCH3 is 1. The Morgan fingerprint density at radius 1 is 1.35 bits per heavy atom. The zero-order valence-corrected chi connectivity index (χ0v) is 17.4. The zero-order valence-electron chi connectivity index (χ0n) is 15.0. The smallest absolute Gasteiger partial charge is 0.257 e. The van der Waals surface area contributed by atoms with Gasteiger partial charge in [0.15, 0.2) is 5.75 Å². The molecule has 1 fully saturated rings. The number of sulfonamides is 1. The standard InChI is InChI=1S/C16H24ClN3O4S.ClH/c1-20(2)16(21)13-7-10(17)8-14(15(13)24-3)25(22,23)19-12-6-4-5-11(18)9-12;/h7-8,11-12,19H,4-6,9,18H2,1-3H3;1H. The number of nitrogens with zero attached hydrogens (tertiary/aromatic N) is 1. The summed E-state index contributed by atoms with van der Waals surface area (Å²) in [6, 6.07) is 2.43. The molecule has 0 aliphatic heterocycles. The summed E-state index contributed by atoms with van der Waals surface area (Å²) < 4.78 is 33.7. The molecule has 1 aliphatic carbocycles. The predicted octanol–water partition coefficient (Wildman–Crippen LogP) is 2.02. The van der Waals surface area contributed by atoms with Gasteiger partial charge in [-0.3, -0.25) is 4.79 Å². The van der Waals surface area contributed by atoms with Gasteiger partial charge in [0.2, 0.25) is 10.0 Å². The number of ether oxygens (including phenoxy) is 1. The van der Waals surface area contributed by atoms with Crippen LogP contribution in [0.25, 0.3) is 0 Å². The second-order valence-electron chi connectivity index (χ2n) is 6.43. The van der Waals surface area contributed by atoms with Gasteiger partial charge in [-0.25, -0.2) is 13.1 Å². The van der Waals surface area contributed by atoms with Gasteiger partial charge in [-0.1, -0.05) is 18.0 Å². The van der Waals surface area contributed by atoms with Gasteiger partial charge in [0.05, 0.1) is 12.7 Å². The summed E-state index contributed by atoms with van der Waals surface area (Å²) in [6.07, 6.45) is 3.05. The summed E-state index contributed by atoms with van der Waals surface area (Å²) in [5.41, 5.74) is 6.03. The van der Waals surface area contributed by atoms with Crippen LogP contribution in [0.2, 0.25) is 5.02 Å². The van der Waals surface area contributed by atoms with Crippen molar-refractivity contribution in [2.24, 2.45) is 5.73 Å². The first-order valence-electron chi connectivity index (χ1n) is 8.02. The number of carbonyl (C=O) groups is 1. The van der Waals surface area contributed by atoms with E-state index in [4.69, 9.17) is 22.1 Å². The van der Waals surface area contributed by atoms with Gasteiger partial charge in [-0.2, -0.15) is 0 Å². The van der Waals surface area contributed by atoms with Gasteiger partial charge in [0.1, 0.15) is 4.90 Å². The number of amides is 1. The van der Waals surface area contributed by atoms with E-state index in [1.165, 1.54) is 24.1 Å². The molecule has 0 bridgehead atoms. The van der Waals surface area contributed by atoms with Crippen LogP contribution in [-0.4, -0.2) is 52.5 Å². The average Bonchev–Trinajstić information content (AvgIpc) is 2.52. The molecule has 1 saturated carbocycles. The summed E-state index contributed by atoms with van der Waals surface area (Å²) in [5, 5.41) is 0.145. The highest BCUT2D eigenvalue weighted by atomic mass is 35.5. The van der Waals surface area contributed by atoms with E-state index in [9.17, 15) is 13.2 Å². The van der Waals surface area contributed by atoms with Crippen molar-refractivity contribution in [2.45, 2.75) is 42.7 Å². The van der Waals surface area contributed by atoms with Crippen molar-refractivity contribution < 1.29 is 17.9 Å². The Balaban J connectivity index is 0.00000338. The third-order valence-electron chi connectivity index (χ3n) is 4.19. The van der Waals surface area contributed by atoms with Crippen molar-refractivity contribution in [2.75, 3.05) is 21.2 Å². The number of carbonyl (C=O) groups excluding carboxylic acids is 1. The minimum absolute atomic E-state index is 0. The first-order chi connectivity index (χ1) is 11.7. The summed E-state index contributed by atoms with van der Waals surface area (Å²) in [6.45, 7) is 0. The van der Waals surface area contributed by atoms with E-state index in [0.717, 1.165) is 19.3 Å². The first kappa shape index (κ1) is 23.0.